The van der Waals surface area contributed by atoms with Gasteiger partial charge in [-0.25, -0.2) is 8.42 Å². The summed E-state index contributed by atoms with van der Waals surface area (Å²) < 4.78 is 34.0. The summed E-state index contributed by atoms with van der Waals surface area (Å²) in [6.07, 6.45) is 4.91. The lowest BCUT2D eigenvalue weighted by molar-refractivity contribution is 0.417. The van der Waals surface area contributed by atoms with Crippen molar-refractivity contribution in [2.24, 2.45) is 0 Å². The SMILES string of the molecule is COc1cc(N2C(=S)N[C@@H](c3ccccn3)[C@@H]2c2cccn2-c2ccc(N(C)C)cc2)ccc1NS(C)(=O)=O. The van der Waals surface area contributed by atoms with E-state index in [2.05, 4.69) is 54.8 Å². The minimum absolute atomic E-state index is 0.242. The highest BCUT2D eigenvalue weighted by Gasteiger charge is 2.42. The van der Waals surface area contributed by atoms with Crippen molar-refractivity contribution in [3.63, 3.8) is 0 Å². The molecule has 2 N–H and O–H groups in total. The predicted octanol–water partition coefficient (Wildman–Crippen LogP) is 4.50. The number of sulfonamides is 1. The Bertz CT molecular complexity index is 1590. The lowest BCUT2D eigenvalue weighted by atomic mass is 10.0. The van der Waals surface area contributed by atoms with Crippen LogP contribution >= 0.6 is 12.2 Å². The molecule has 1 aliphatic heterocycles. The molecule has 9 nitrogen and oxygen atoms in total. The fourth-order valence-electron chi connectivity index (χ4n) is 4.83. The minimum Gasteiger partial charge on any atom is -0.494 e. The van der Waals surface area contributed by atoms with E-state index in [1.54, 1.807) is 18.3 Å². The molecule has 0 aliphatic carbocycles. The van der Waals surface area contributed by atoms with Gasteiger partial charge in [0, 0.05) is 55.3 Å². The number of benzene rings is 2. The van der Waals surface area contributed by atoms with Crippen LogP contribution in [0.4, 0.5) is 17.1 Å². The van der Waals surface area contributed by atoms with Crippen LogP contribution in [0.1, 0.15) is 23.5 Å². The van der Waals surface area contributed by atoms with E-state index < -0.39 is 10.0 Å². The molecule has 0 spiro atoms. The van der Waals surface area contributed by atoms with Crippen LogP contribution < -0.4 is 24.6 Å². The van der Waals surface area contributed by atoms with Crippen LogP contribution in [0.5, 0.6) is 5.75 Å². The Balaban J connectivity index is 1.63. The number of pyridine rings is 1. The van der Waals surface area contributed by atoms with Crippen molar-refractivity contribution < 1.29 is 13.2 Å². The third-order valence-electron chi connectivity index (χ3n) is 6.58. The van der Waals surface area contributed by atoms with E-state index in [4.69, 9.17) is 17.0 Å². The monoisotopic (exact) mass is 562 g/mol. The molecule has 0 saturated carbocycles. The van der Waals surface area contributed by atoms with Gasteiger partial charge in [-0.05, 0) is 72.9 Å². The molecule has 0 unspecified atom stereocenters. The number of rotatable bonds is 8. The van der Waals surface area contributed by atoms with Crippen molar-refractivity contribution in [3.8, 4) is 11.4 Å². The van der Waals surface area contributed by atoms with Gasteiger partial charge in [-0.1, -0.05) is 6.07 Å². The average Bonchev–Trinajstić information content (AvgIpc) is 3.53. The van der Waals surface area contributed by atoms with Crippen molar-refractivity contribution >= 4 is 44.4 Å². The third-order valence-corrected chi connectivity index (χ3v) is 7.49. The second-order valence-corrected chi connectivity index (χ2v) is 11.6. The fourth-order valence-corrected chi connectivity index (χ4v) is 5.74. The molecule has 0 radical (unpaired) electrons. The van der Waals surface area contributed by atoms with E-state index in [0.29, 0.717) is 16.5 Å². The Hall–Kier alpha value is -4.09. The topological polar surface area (TPSA) is 91.7 Å². The molecule has 2 aromatic carbocycles. The summed E-state index contributed by atoms with van der Waals surface area (Å²) in [4.78, 5) is 8.73. The van der Waals surface area contributed by atoms with Gasteiger partial charge in [0.1, 0.15) is 11.8 Å². The molecule has 1 fully saturated rings. The highest BCUT2D eigenvalue weighted by Crippen LogP contribution is 2.44. The number of methoxy groups -OCH3 is 1. The second-order valence-electron chi connectivity index (χ2n) is 9.47. The minimum atomic E-state index is -3.48. The number of anilines is 3. The molecule has 1 aliphatic rings. The molecule has 39 heavy (non-hydrogen) atoms. The van der Waals surface area contributed by atoms with Crippen LogP contribution in [0.25, 0.3) is 5.69 Å². The zero-order valence-corrected chi connectivity index (χ0v) is 23.7. The van der Waals surface area contributed by atoms with E-state index >= 15 is 0 Å². The zero-order valence-electron chi connectivity index (χ0n) is 22.1. The van der Waals surface area contributed by atoms with Gasteiger partial charge in [-0.2, -0.15) is 0 Å². The highest BCUT2D eigenvalue weighted by atomic mass is 32.2. The highest BCUT2D eigenvalue weighted by molar-refractivity contribution is 7.92. The first-order chi connectivity index (χ1) is 18.7. The molecule has 4 aromatic rings. The Morgan fingerprint density at radius 3 is 2.41 bits per heavy atom. The Morgan fingerprint density at radius 1 is 1.03 bits per heavy atom. The molecule has 5 rings (SSSR count). The van der Waals surface area contributed by atoms with Crippen molar-refractivity contribution in [1.29, 1.82) is 0 Å². The molecular formula is C28H30N6O3S2. The summed E-state index contributed by atoms with van der Waals surface area (Å²) >= 11 is 5.88. The molecule has 11 heteroatoms. The molecular weight excluding hydrogens is 532 g/mol. The summed E-state index contributed by atoms with van der Waals surface area (Å²) in [6.45, 7) is 0. The van der Waals surface area contributed by atoms with E-state index in [-0.39, 0.29) is 12.1 Å². The van der Waals surface area contributed by atoms with Crippen LogP contribution in [-0.2, 0) is 10.0 Å². The smallest absolute Gasteiger partial charge is 0.229 e. The molecule has 1 saturated heterocycles. The van der Waals surface area contributed by atoms with E-state index in [1.807, 2.05) is 55.5 Å². The van der Waals surface area contributed by atoms with Crippen LogP contribution in [0.3, 0.4) is 0 Å². The summed E-state index contributed by atoms with van der Waals surface area (Å²) in [7, 11) is 2.05. The number of ether oxygens (including phenoxy) is 1. The van der Waals surface area contributed by atoms with Gasteiger partial charge in [-0.15, -0.1) is 0 Å². The van der Waals surface area contributed by atoms with Gasteiger partial charge in [0.05, 0.1) is 30.8 Å². The van der Waals surface area contributed by atoms with Gasteiger partial charge in [0.2, 0.25) is 10.0 Å². The van der Waals surface area contributed by atoms with Gasteiger partial charge in [0.15, 0.2) is 5.11 Å². The predicted molar refractivity (Wildman–Crippen MR) is 159 cm³/mol. The molecule has 2 atom stereocenters. The van der Waals surface area contributed by atoms with Crippen molar-refractivity contribution in [3.05, 3.63) is 96.6 Å². The maximum Gasteiger partial charge on any atom is 0.229 e. The van der Waals surface area contributed by atoms with Gasteiger partial charge in [0.25, 0.3) is 0 Å². The van der Waals surface area contributed by atoms with Crippen LogP contribution in [-0.4, -0.2) is 50.5 Å². The summed E-state index contributed by atoms with van der Waals surface area (Å²) in [5, 5.41) is 4.00. The van der Waals surface area contributed by atoms with Gasteiger partial charge >= 0.3 is 0 Å². The number of nitrogens with zero attached hydrogens (tertiary/aromatic N) is 4. The first-order valence-corrected chi connectivity index (χ1v) is 14.6. The van der Waals surface area contributed by atoms with E-state index in [9.17, 15) is 8.42 Å². The quantitative estimate of drug-likeness (QED) is 0.304. The number of hydrogen-bond donors (Lipinski definition) is 2. The number of nitrogens with one attached hydrogen (secondary N) is 2. The average molecular weight is 563 g/mol. The summed E-state index contributed by atoms with van der Waals surface area (Å²) in [5.41, 5.74) is 5.09. The lowest BCUT2D eigenvalue weighted by Gasteiger charge is -2.29. The van der Waals surface area contributed by atoms with Crippen LogP contribution in [0.2, 0.25) is 0 Å². The van der Waals surface area contributed by atoms with Crippen LogP contribution in [0.15, 0.2) is 85.2 Å². The number of aromatic nitrogens is 2. The van der Waals surface area contributed by atoms with Crippen molar-refractivity contribution in [2.45, 2.75) is 12.1 Å². The van der Waals surface area contributed by atoms with Crippen molar-refractivity contribution in [1.82, 2.24) is 14.9 Å². The lowest BCUT2D eigenvalue weighted by Crippen LogP contribution is -2.30. The maximum absolute atomic E-state index is 11.9. The number of thiocarbonyl (C=S) groups is 1. The molecule has 0 bridgehead atoms. The third kappa shape index (κ3) is 5.41. The van der Waals surface area contributed by atoms with E-state index in [1.165, 1.54) is 7.11 Å². The Labute approximate surface area is 234 Å². The Morgan fingerprint density at radius 2 is 1.77 bits per heavy atom. The first-order valence-electron chi connectivity index (χ1n) is 12.3. The standard InChI is InChI=1S/C28H30N6O3S2/c1-32(2)19-10-12-20(13-11-19)33-17-7-9-24(33)27-26(23-8-5-6-16-29-23)30-28(38)34(27)21-14-15-22(25(18-21)37-3)31-39(4,35)36/h5-18,26-27,31H,1-4H3,(H,30,38)/t26-,27-/m0/s1. The van der Waals surface area contributed by atoms with Crippen molar-refractivity contribution in [2.75, 3.05) is 42.0 Å². The first kappa shape index (κ1) is 26.5. The van der Waals surface area contributed by atoms with Crippen LogP contribution in [0, 0.1) is 0 Å². The van der Waals surface area contributed by atoms with Gasteiger partial charge < -0.3 is 24.4 Å². The fraction of sp³-hybridized carbons (Fsp3) is 0.214. The van der Waals surface area contributed by atoms with Gasteiger partial charge in [-0.3, -0.25) is 9.71 Å². The molecule has 3 heterocycles. The summed E-state index contributed by atoms with van der Waals surface area (Å²) in [6, 6.07) is 23.1. The maximum atomic E-state index is 11.9. The number of hydrogen-bond acceptors (Lipinski definition) is 6. The molecule has 0 amide bonds. The zero-order chi connectivity index (χ0) is 27.7. The second kappa shape index (κ2) is 10.6. The Kier molecular flexibility index (Phi) is 7.19. The molecule has 2 aromatic heterocycles. The van der Waals surface area contributed by atoms with E-state index in [0.717, 1.165) is 34.7 Å². The largest absolute Gasteiger partial charge is 0.494 e. The summed E-state index contributed by atoms with van der Waals surface area (Å²) in [5.74, 6) is 0.385. The normalized spacial score (nSPS) is 17.1. The molecule has 202 valence electrons.